The second kappa shape index (κ2) is 6.30. The molecule has 2 aromatic carbocycles. The molecule has 19 heavy (non-hydrogen) atoms. The molecule has 2 N–H and O–H groups in total. The van der Waals surface area contributed by atoms with E-state index in [1.54, 1.807) is 6.07 Å². The van der Waals surface area contributed by atoms with Gasteiger partial charge in [0.25, 0.3) is 0 Å². The summed E-state index contributed by atoms with van der Waals surface area (Å²) in [5, 5.41) is 12.9. The summed E-state index contributed by atoms with van der Waals surface area (Å²) in [5.41, 5.74) is 2.02. The van der Waals surface area contributed by atoms with E-state index >= 15 is 0 Å². The number of methoxy groups -OCH3 is 1. The van der Waals surface area contributed by atoms with E-state index in [0.29, 0.717) is 12.3 Å². The molecule has 0 heterocycles. The monoisotopic (exact) mass is 385 g/mol. The molecule has 0 aliphatic carbocycles. The Balaban J connectivity index is 2.15. The van der Waals surface area contributed by atoms with Gasteiger partial charge in [0.2, 0.25) is 0 Å². The Morgan fingerprint density at radius 1 is 1.16 bits per heavy atom. The van der Waals surface area contributed by atoms with Crippen molar-refractivity contribution in [1.82, 2.24) is 0 Å². The Kier molecular flexibility index (Phi) is 4.71. The molecule has 100 valence electrons. The first-order valence-corrected chi connectivity index (χ1v) is 7.24. The Hall–Kier alpha value is -1.20. The zero-order valence-corrected chi connectivity index (χ0v) is 13.5. The molecule has 0 saturated carbocycles. The van der Waals surface area contributed by atoms with Crippen molar-refractivity contribution in [2.24, 2.45) is 0 Å². The van der Waals surface area contributed by atoms with Crippen molar-refractivity contribution in [3.05, 3.63) is 50.9 Å². The molecule has 0 aliphatic rings. The molecule has 0 spiro atoms. The van der Waals surface area contributed by atoms with Crippen LogP contribution in [0.15, 0.2) is 45.3 Å². The van der Waals surface area contributed by atoms with E-state index in [0.717, 1.165) is 20.2 Å². The molecule has 0 unspecified atom stereocenters. The summed E-state index contributed by atoms with van der Waals surface area (Å²) in [6.07, 6.45) is 0. The molecule has 0 atom stereocenters. The molecule has 2 aromatic rings. The van der Waals surface area contributed by atoms with Crippen LogP contribution in [0.2, 0.25) is 0 Å². The Morgan fingerprint density at radius 2 is 1.84 bits per heavy atom. The quantitative estimate of drug-likeness (QED) is 0.810. The first-order valence-electron chi connectivity index (χ1n) is 5.65. The van der Waals surface area contributed by atoms with E-state index in [-0.39, 0.29) is 5.75 Å². The highest BCUT2D eigenvalue weighted by Crippen LogP contribution is 2.32. The van der Waals surface area contributed by atoms with Crippen molar-refractivity contribution in [1.29, 1.82) is 0 Å². The van der Waals surface area contributed by atoms with Gasteiger partial charge in [-0.25, -0.2) is 0 Å². The highest BCUT2D eigenvalue weighted by Gasteiger charge is 2.06. The molecule has 0 amide bonds. The van der Waals surface area contributed by atoms with Crippen LogP contribution in [0.3, 0.4) is 0 Å². The number of rotatable bonds is 4. The molecular formula is C14H13Br2NO2. The lowest BCUT2D eigenvalue weighted by atomic mass is 10.2. The van der Waals surface area contributed by atoms with Gasteiger partial charge in [-0.2, -0.15) is 0 Å². The molecule has 3 nitrogen and oxygen atoms in total. The van der Waals surface area contributed by atoms with Crippen LogP contribution in [0.4, 0.5) is 5.69 Å². The van der Waals surface area contributed by atoms with E-state index in [9.17, 15) is 5.11 Å². The standard InChI is InChI=1S/C14H13Br2NO2/c1-19-13-7-9(5-6-12(13)18)8-17-14-10(15)3-2-4-11(14)16/h2-7,17-18H,8H2,1H3. The van der Waals surface area contributed by atoms with Crippen LogP contribution in [-0.2, 0) is 6.54 Å². The lowest BCUT2D eigenvalue weighted by Gasteiger charge is -2.12. The van der Waals surface area contributed by atoms with Crippen molar-refractivity contribution in [3.63, 3.8) is 0 Å². The minimum atomic E-state index is 0.147. The maximum atomic E-state index is 9.55. The molecule has 0 bridgehead atoms. The highest BCUT2D eigenvalue weighted by atomic mass is 79.9. The zero-order valence-electron chi connectivity index (χ0n) is 10.3. The average Bonchev–Trinajstić information content (AvgIpc) is 2.40. The van der Waals surface area contributed by atoms with Gasteiger partial charge in [-0.1, -0.05) is 12.1 Å². The molecular weight excluding hydrogens is 374 g/mol. The number of hydrogen-bond acceptors (Lipinski definition) is 3. The summed E-state index contributed by atoms with van der Waals surface area (Å²) < 4.78 is 7.08. The molecule has 0 aromatic heterocycles. The lowest BCUT2D eigenvalue weighted by molar-refractivity contribution is 0.373. The fraction of sp³-hybridized carbons (Fsp3) is 0.143. The van der Waals surface area contributed by atoms with Gasteiger partial charge < -0.3 is 15.2 Å². The molecule has 0 fully saturated rings. The summed E-state index contributed by atoms with van der Waals surface area (Å²) in [5.74, 6) is 0.624. The predicted octanol–water partition coefficient (Wildman–Crippen LogP) is 4.54. The van der Waals surface area contributed by atoms with E-state index in [4.69, 9.17) is 4.74 Å². The topological polar surface area (TPSA) is 41.5 Å². The number of phenolic OH excluding ortho intramolecular Hbond substituents is 1. The highest BCUT2D eigenvalue weighted by molar-refractivity contribution is 9.11. The van der Waals surface area contributed by atoms with Gasteiger partial charge >= 0.3 is 0 Å². The van der Waals surface area contributed by atoms with Crippen molar-refractivity contribution < 1.29 is 9.84 Å². The van der Waals surface area contributed by atoms with Crippen LogP contribution in [0.1, 0.15) is 5.56 Å². The largest absolute Gasteiger partial charge is 0.504 e. The Bertz CT molecular complexity index is 567. The number of benzene rings is 2. The van der Waals surface area contributed by atoms with Crippen LogP contribution in [-0.4, -0.2) is 12.2 Å². The smallest absolute Gasteiger partial charge is 0.160 e. The van der Waals surface area contributed by atoms with Gasteiger partial charge in [0, 0.05) is 15.5 Å². The van der Waals surface area contributed by atoms with E-state index in [2.05, 4.69) is 37.2 Å². The molecule has 0 aliphatic heterocycles. The molecule has 5 heteroatoms. The van der Waals surface area contributed by atoms with Gasteiger partial charge in [0.1, 0.15) is 0 Å². The van der Waals surface area contributed by atoms with Crippen molar-refractivity contribution in [2.45, 2.75) is 6.54 Å². The normalized spacial score (nSPS) is 10.3. The van der Waals surface area contributed by atoms with Crippen LogP contribution in [0.5, 0.6) is 11.5 Å². The van der Waals surface area contributed by atoms with Crippen LogP contribution in [0, 0.1) is 0 Å². The maximum Gasteiger partial charge on any atom is 0.160 e. The second-order valence-electron chi connectivity index (χ2n) is 3.96. The fourth-order valence-corrected chi connectivity index (χ4v) is 2.97. The summed E-state index contributed by atoms with van der Waals surface area (Å²) in [4.78, 5) is 0. The fourth-order valence-electron chi connectivity index (χ4n) is 1.69. The molecule has 0 saturated heterocycles. The van der Waals surface area contributed by atoms with Crippen molar-refractivity contribution in [2.75, 3.05) is 12.4 Å². The van der Waals surface area contributed by atoms with Gasteiger partial charge in [0.15, 0.2) is 11.5 Å². The number of phenols is 1. The first kappa shape index (κ1) is 14.2. The van der Waals surface area contributed by atoms with Gasteiger partial charge in [-0.05, 0) is 61.7 Å². The van der Waals surface area contributed by atoms with Crippen molar-refractivity contribution in [3.8, 4) is 11.5 Å². The Morgan fingerprint density at radius 3 is 2.47 bits per heavy atom. The van der Waals surface area contributed by atoms with Crippen LogP contribution in [0.25, 0.3) is 0 Å². The zero-order chi connectivity index (χ0) is 13.8. The predicted molar refractivity (Wildman–Crippen MR) is 83.8 cm³/mol. The second-order valence-corrected chi connectivity index (χ2v) is 5.67. The van der Waals surface area contributed by atoms with E-state index in [1.165, 1.54) is 7.11 Å². The summed E-state index contributed by atoms with van der Waals surface area (Å²) in [6.45, 7) is 0.637. The lowest BCUT2D eigenvalue weighted by Crippen LogP contribution is -2.01. The van der Waals surface area contributed by atoms with Crippen LogP contribution >= 0.6 is 31.9 Å². The number of halogens is 2. The maximum absolute atomic E-state index is 9.55. The number of nitrogens with one attached hydrogen (secondary N) is 1. The minimum Gasteiger partial charge on any atom is -0.504 e. The van der Waals surface area contributed by atoms with E-state index < -0.39 is 0 Å². The van der Waals surface area contributed by atoms with Crippen LogP contribution < -0.4 is 10.1 Å². The first-order chi connectivity index (χ1) is 9.11. The molecule has 2 rings (SSSR count). The third-order valence-electron chi connectivity index (χ3n) is 2.68. The van der Waals surface area contributed by atoms with E-state index in [1.807, 2.05) is 30.3 Å². The number of para-hydroxylation sites is 1. The molecule has 0 radical (unpaired) electrons. The Labute approximate surface area is 128 Å². The summed E-state index contributed by atoms with van der Waals surface area (Å²) >= 11 is 7.01. The van der Waals surface area contributed by atoms with Gasteiger partial charge in [-0.3, -0.25) is 0 Å². The van der Waals surface area contributed by atoms with Gasteiger partial charge in [0.05, 0.1) is 12.8 Å². The minimum absolute atomic E-state index is 0.147. The summed E-state index contributed by atoms with van der Waals surface area (Å²) in [7, 11) is 1.54. The van der Waals surface area contributed by atoms with Crippen molar-refractivity contribution >= 4 is 37.5 Å². The SMILES string of the molecule is COc1cc(CNc2c(Br)cccc2Br)ccc1O. The third kappa shape index (κ3) is 3.42. The number of anilines is 1. The summed E-state index contributed by atoms with van der Waals surface area (Å²) in [6, 6.07) is 11.2. The third-order valence-corrected chi connectivity index (χ3v) is 4.00. The van der Waals surface area contributed by atoms with Gasteiger partial charge in [-0.15, -0.1) is 0 Å². The number of hydrogen-bond donors (Lipinski definition) is 2. The average molecular weight is 387 g/mol. The number of ether oxygens (including phenoxy) is 1. The number of aromatic hydroxyl groups is 1.